The van der Waals surface area contributed by atoms with E-state index in [0.29, 0.717) is 6.54 Å². The van der Waals surface area contributed by atoms with E-state index in [1.54, 1.807) is 23.2 Å². The number of nitrogens with two attached hydrogens (primary N) is 1. The van der Waals surface area contributed by atoms with Gasteiger partial charge in [-0.2, -0.15) is 0 Å². The second kappa shape index (κ2) is 2.30. The number of nitrogen functional groups attached to an aromatic ring is 1. The van der Waals surface area contributed by atoms with E-state index in [1.165, 1.54) is 4.79 Å². The molecule has 0 atom stereocenters. The Morgan fingerprint density at radius 1 is 1.89 bits per heavy atom. The molecule has 1 aromatic heterocycles. The molecule has 0 aliphatic carbocycles. The van der Waals surface area contributed by atoms with Gasteiger partial charge in [-0.3, -0.25) is 0 Å². The Labute approximate surface area is 53.2 Å². The van der Waals surface area contributed by atoms with Crippen LogP contribution in [0, 0.1) is 0 Å². The van der Waals surface area contributed by atoms with Crippen LogP contribution in [0.3, 0.4) is 0 Å². The minimum absolute atomic E-state index is 0.699. The first kappa shape index (κ1) is 5.81. The van der Waals surface area contributed by atoms with Crippen molar-refractivity contribution in [1.29, 1.82) is 0 Å². The molecule has 0 aliphatic heterocycles. The zero-order valence-electron chi connectivity index (χ0n) is 5.07. The highest BCUT2D eigenvalue weighted by Gasteiger charge is 1.96. The first-order valence-electron chi connectivity index (χ1n) is 2.64. The summed E-state index contributed by atoms with van der Waals surface area (Å²) in [4.78, 5) is 1.25. The van der Waals surface area contributed by atoms with Crippen LogP contribution in [-0.2, 0) is 6.54 Å². The van der Waals surface area contributed by atoms with E-state index in [1.807, 2.05) is 0 Å². The summed E-state index contributed by atoms with van der Waals surface area (Å²) in [5.41, 5.74) is 0. The number of rotatable bonds is 2. The van der Waals surface area contributed by atoms with Crippen LogP contribution < -0.4 is 10.6 Å². The van der Waals surface area contributed by atoms with Crippen LogP contribution in [-0.4, -0.2) is 9.90 Å². The average molecular weight is 125 g/mol. The van der Waals surface area contributed by atoms with Gasteiger partial charge < -0.3 is 0 Å². The van der Waals surface area contributed by atoms with Crippen molar-refractivity contribution in [1.82, 2.24) is 9.90 Å². The summed E-state index contributed by atoms with van der Waals surface area (Å²) in [5.74, 6) is 5.26. The highest BCUT2D eigenvalue weighted by molar-refractivity contribution is 4.68. The third kappa shape index (κ3) is 1.28. The largest absolute Gasteiger partial charge is 0.249 e. The number of aromatic nitrogens is 3. The fourth-order valence-electron chi connectivity index (χ4n) is 0.567. The van der Waals surface area contributed by atoms with Crippen LogP contribution in [0.4, 0.5) is 0 Å². The van der Waals surface area contributed by atoms with Gasteiger partial charge in [0.25, 0.3) is 0 Å². The molecule has 4 heteroatoms. The summed E-state index contributed by atoms with van der Waals surface area (Å²) in [5, 5.41) is 3.84. The molecule has 0 saturated carbocycles. The molecule has 0 unspecified atom stereocenters. The molecule has 2 N–H and O–H groups in total. The Hall–Kier alpha value is -1.32. The van der Waals surface area contributed by atoms with Crippen LogP contribution in [0.1, 0.15) is 0 Å². The van der Waals surface area contributed by atoms with Gasteiger partial charge in [0.15, 0.2) is 12.4 Å². The summed E-state index contributed by atoms with van der Waals surface area (Å²) in [6.45, 7) is 4.25. The van der Waals surface area contributed by atoms with Gasteiger partial charge in [0.1, 0.15) is 11.8 Å². The van der Waals surface area contributed by atoms with Crippen LogP contribution in [0.5, 0.6) is 0 Å². The smallest absolute Gasteiger partial charge is 0.184 e. The molecule has 1 aromatic rings. The van der Waals surface area contributed by atoms with Crippen LogP contribution in [0.25, 0.3) is 0 Å². The Balaban J connectivity index is 2.72. The minimum atomic E-state index is 0.699. The van der Waals surface area contributed by atoms with Gasteiger partial charge >= 0.3 is 0 Å². The molecule has 4 nitrogen and oxygen atoms in total. The van der Waals surface area contributed by atoms with E-state index in [0.717, 1.165) is 0 Å². The molecular formula is C5H9N4+. The molecule has 1 heterocycles. The van der Waals surface area contributed by atoms with E-state index in [4.69, 9.17) is 5.84 Å². The zero-order chi connectivity index (χ0) is 6.69. The lowest BCUT2D eigenvalue weighted by molar-refractivity contribution is -0.702. The maximum atomic E-state index is 5.26. The van der Waals surface area contributed by atoms with Crippen molar-refractivity contribution in [2.75, 3.05) is 5.84 Å². The Kier molecular flexibility index (Phi) is 1.48. The van der Waals surface area contributed by atoms with Crippen molar-refractivity contribution in [3.8, 4) is 0 Å². The van der Waals surface area contributed by atoms with Gasteiger partial charge in [0, 0.05) is 0 Å². The Bertz CT molecular complexity index is 202. The molecule has 0 amide bonds. The summed E-state index contributed by atoms with van der Waals surface area (Å²) in [6, 6.07) is 0. The third-order valence-electron chi connectivity index (χ3n) is 0.926. The monoisotopic (exact) mass is 125 g/mol. The Morgan fingerprint density at radius 3 is 3.11 bits per heavy atom. The highest BCUT2D eigenvalue weighted by atomic mass is 15.6. The van der Waals surface area contributed by atoms with Gasteiger partial charge in [0.2, 0.25) is 0 Å². The lowest BCUT2D eigenvalue weighted by atomic mass is 10.6. The van der Waals surface area contributed by atoms with E-state index < -0.39 is 0 Å². The summed E-state index contributed by atoms with van der Waals surface area (Å²) >= 11 is 0. The second-order valence-electron chi connectivity index (χ2n) is 1.68. The quantitative estimate of drug-likeness (QED) is 0.315. The molecule has 0 saturated heterocycles. The molecule has 0 aliphatic rings. The predicted octanol–water partition coefficient (Wildman–Crippen LogP) is -0.930. The van der Waals surface area contributed by atoms with Gasteiger partial charge in [-0.05, 0) is 10.9 Å². The molecule has 48 valence electrons. The van der Waals surface area contributed by atoms with Crippen molar-refractivity contribution >= 4 is 0 Å². The number of nitrogens with zero attached hydrogens (tertiary/aromatic N) is 3. The maximum Gasteiger partial charge on any atom is 0.184 e. The molecule has 0 radical (unpaired) electrons. The minimum Gasteiger partial charge on any atom is -0.249 e. The molecule has 0 bridgehead atoms. The van der Waals surface area contributed by atoms with Crippen LogP contribution in [0.2, 0.25) is 0 Å². The first-order chi connectivity index (χ1) is 4.33. The molecule has 1 rings (SSSR count). The lowest BCUT2D eigenvalue weighted by Gasteiger charge is -1.79. The summed E-state index contributed by atoms with van der Waals surface area (Å²) < 4.78 is 1.69. The molecule has 9 heavy (non-hydrogen) atoms. The summed E-state index contributed by atoms with van der Waals surface area (Å²) in [7, 11) is 0. The number of hydrogen-bond acceptors (Lipinski definition) is 2. The first-order valence-corrected chi connectivity index (χ1v) is 2.64. The second-order valence-corrected chi connectivity index (χ2v) is 1.68. The molecule has 0 fully saturated rings. The average Bonchev–Trinajstić information content (AvgIpc) is 2.17. The van der Waals surface area contributed by atoms with Gasteiger partial charge in [-0.25, -0.2) is 5.84 Å². The third-order valence-corrected chi connectivity index (χ3v) is 0.926. The van der Waals surface area contributed by atoms with Crippen molar-refractivity contribution < 1.29 is 4.79 Å². The fourth-order valence-corrected chi connectivity index (χ4v) is 0.567. The molecular weight excluding hydrogens is 116 g/mol. The number of hydrogen-bond donors (Lipinski definition) is 1. The highest BCUT2D eigenvalue weighted by Crippen LogP contribution is 1.76. The van der Waals surface area contributed by atoms with E-state index >= 15 is 0 Å². The standard InChI is InChI=1S/C5H9N4/c1-2-3-8-4-5-9(6)7-8/h2,4-5H,1,3H2,(H2,6,7)/q+1. The topological polar surface area (TPSA) is 47.7 Å². The van der Waals surface area contributed by atoms with Crippen LogP contribution in [0.15, 0.2) is 25.0 Å². The normalized spacial score (nSPS) is 9.33. The molecule has 0 spiro atoms. The van der Waals surface area contributed by atoms with Crippen molar-refractivity contribution in [3.05, 3.63) is 25.0 Å². The van der Waals surface area contributed by atoms with E-state index in [-0.39, 0.29) is 0 Å². The van der Waals surface area contributed by atoms with Gasteiger partial charge in [0.05, 0.1) is 0 Å². The van der Waals surface area contributed by atoms with E-state index in [9.17, 15) is 0 Å². The zero-order valence-corrected chi connectivity index (χ0v) is 5.07. The van der Waals surface area contributed by atoms with E-state index in [2.05, 4.69) is 11.8 Å². The fraction of sp³-hybridized carbons (Fsp3) is 0.200. The van der Waals surface area contributed by atoms with Gasteiger partial charge in [-0.15, -0.1) is 4.68 Å². The number of allylic oxidation sites excluding steroid dienone is 1. The lowest BCUT2D eigenvalue weighted by Crippen LogP contribution is -2.46. The van der Waals surface area contributed by atoms with Crippen LogP contribution >= 0.6 is 0 Å². The maximum absolute atomic E-state index is 5.26. The van der Waals surface area contributed by atoms with Crippen molar-refractivity contribution in [3.63, 3.8) is 0 Å². The Morgan fingerprint density at radius 2 is 2.67 bits per heavy atom. The van der Waals surface area contributed by atoms with Gasteiger partial charge in [-0.1, -0.05) is 6.58 Å². The molecule has 0 aromatic carbocycles. The SMILES string of the molecule is C=CCn1cc[n+](N)n1. The predicted molar refractivity (Wildman–Crippen MR) is 32.8 cm³/mol. The van der Waals surface area contributed by atoms with Crippen molar-refractivity contribution in [2.24, 2.45) is 0 Å². The van der Waals surface area contributed by atoms with Crippen molar-refractivity contribution in [2.45, 2.75) is 6.54 Å². The summed E-state index contributed by atoms with van der Waals surface area (Å²) in [6.07, 6.45) is 5.21.